The highest BCUT2D eigenvalue weighted by molar-refractivity contribution is 9.10. The summed E-state index contributed by atoms with van der Waals surface area (Å²) in [6.07, 6.45) is -2.80. The van der Waals surface area contributed by atoms with E-state index in [9.17, 15) is 19.2 Å². The van der Waals surface area contributed by atoms with Crippen molar-refractivity contribution >= 4 is 45.9 Å². The Balaban J connectivity index is 2.40. The second-order valence-electron chi connectivity index (χ2n) is 7.52. The summed E-state index contributed by atoms with van der Waals surface area (Å²) in [5.74, 6) is -3.48. The second-order valence-corrected chi connectivity index (χ2v) is 8.44. The quantitative estimate of drug-likeness (QED) is 0.209. The summed E-state index contributed by atoms with van der Waals surface area (Å²) >= 11 is 3.35. The fourth-order valence-corrected chi connectivity index (χ4v) is 3.55. The lowest BCUT2D eigenvalue weighted by Crippen LogP contribution is -2.58. The number of hydrogen-bond acceptors (Lipinski definition) is 10. The highest BCUT2D eigenvalue weighted by Gasteiger charge is 2.49. The van der Waals surface area contributed by atoms with Crippen molar-refractivity contribution in [1.29, 1.82) is 0 Å². The van der Waals surface area contributed by atoms with E-state index in [0.717, 1.165) is 4.47 Å². The Kier molecular flexibility index (Phi) is 10.1. The van der Waals surface area contributed by atoms with E-state index in [4.69, 9.17) is 28.4 Å². The van der Waals surface area contributed by atoms with E-state index in [-0.39, 0.29) is 12.4 Å². The summed E-state index contributed by atoms with van der Waals surface area (Å²) < 4.78 is 33.3. The molecule has 0 N–H and O–H groups in total. The van der Waals surface area contributed by atoms with Gasteiger partial charge in [-0.15, -0.1) is 0 Å². The largest absolute Gasteiger partial charge is 0.463 e. The predicted molar refractivity (Wildman–Crippen MR) is 121 cm³/mol. The van der Waals surface area contributed by atoms with E-state index in [1.807, 2.05) is 0 Å². The van der Waals surface area contributed by atoms with Crippen LogP contribution in [0.4, 0.5) is 0 Å². The molecule has 2 rings (SSSR count). The summed E-state index contributed by atoms with van der Waals surface area (Å²) in [5.41, 5.74) is 0.651. The molecule has 1 heterocycles. The van der Waals surface area contributed by atoms with E-state index >= 15 is 0 Å². The fraction of sp³-hybridized carbons (Fsp3) is 0.478. The Hall–Kier alpha value is -2.92. The van der Waals surface area contributed by atoms with Gasteiger partial charge in [-0.3, -0.25) is 14.4 Å². The van der Waals surface area contributed by atoms with E-state index in [1.54, 1.807) is 31.2 Å². The molecule has 5 atom stereocenters. The molecule has 1 aromatic carbocycles. The minimum Gasteiger partial charge on any atom is -0.463 e. The molecular formula is C23H27BrO10. The average molecular weight is 543 g/mol. The number of halogens is 1. The van der Waals surface area contributed by atoms with Crippen LogP contribution in [-0.2, 0) is 47.6 Å². The number of methoxy groups -OCH3 is 1. The van der Waals surface area contributed by atoms with Crippen LogP contribution in [0.1, 0.15) is 33.3 Å². The zero-order valence-electron chi connectivity index (χ0n) is 19.4. The number of carbonyl (C=O) groups is 4. The molecule has 1 aliphatic rings. The van der Waals surface area contributed by atoms with Crippen LogP contribution >= 0.6 is 15.9 Å². The van der Waals surface area contributed by atoms with Gasteiger partial charge in [0.2, 0.25) is 12.0 Å². The monoisotopic (exact) mass is 542 g/mol. The first-order valence-electron chi connectivity index (χ1n) is 10.4. The lowest BCUT2D eigenvalue weighted by Gasteiger charge is -2.43. The minimum atomic E-state index is -1.14. The number of hydrogen-bond donors (Lipinski definition) is 0. The van der Waals surface area contributed by atoms with Gasteiger partial charge >= 0.3 is 23.9 Å². The summed E-state index contributed by atoms with van der Waals surface area (Å²) in [6.45, 7) is 4.95. The van der Waals surface area contributed by atoms with Crippen molar-refractivity contribution in [3.63, 3.8) is 0 Å². The molecule has 186 valence electrons. The van der Waals surface area contributed by atoms with Crippen LogP contribution in [-0.4, -0.2) is 62.2 Å². The molecule has 0 bridgehead atoms. The van der Waals surface area contributed by atoms with Gasteiger partial charge in [-0.2, -0.15) is 0 Å². The van der Waals surface area contributed by atoms with E-state index in [1.165, 1.54) is 34.0 Å². The fourth-order valence-electron chi connectivity index (χ4n) is 3.29. The van der Waals surface area contributed by atoms with Crippen molar-refractivity contribution in [3.8, 4) is 0 Å². The number of rotatable bonds is 8. The molecule has 0 aromatic heterocycles. The summed E-state index contributed by atoms with van der Waals surface area (Å²) in [6, 6.07) is 7.08. The highest BCUT2D eigenvalue weighted by atomic mass is 79.9. The Morgan fingerprint density at radius 1 is 0.941 bits per heavy atom. The molecule has 10 nitrogen and oxygen atoms in total. The van der Waals surface area contributed by atoms with Gasteiger partial charge < -0.3 is 28.4 Å². The third kappa shape index (κ3) is 7.84. The van der Waals surface area contributed by atoms with Gasteiger partial charge in [0, 0.05) is 25.2 Å². The number of benzene rings is 1. The van der Waals surface area contributed by atoms with Gasteiger partial charge in [0.25, 0.3) is 0 Å². The third-order valence-corrected chi connectivity index (χ3v) is 5.33. The second kappa shape index (κ2) is 12.5. The maximum atomic E-state index is 12.4. The highest BCUT2D eigenvalue weighted by Crippen LogP contribution is 2.33. The third-order valence-electron chi connectivity index (χ3n) is 4.80. The molecular weight excluding hydrogens is 516 g/mol. The molecule has 0 unspecified atom stereocenters. The van der Waals surface area contributed by atoms with Crippen LogP contribution in [0.3, 0.4) is 0 Å². The van der Waals surface area contributed by atoms with Gasteiger partial charge in [-0.05, 0) is 23.8 Å². The molecule has 11 heteroatoms. The summed E-state index contributed by atoms with van der Waals surface area (Å²) in [5, 5.41) is 0. The van der Waals surface area contributed by atoms with Crippen molar-refractivity contribution in [3.05, 3.63) is 40.1 Å². The van der Waals surface area contributed by atoms with Crippen molar-refractivity contribution in [2.45, 2.75) is 52.3 Å². The SMILES string of the molecule is COC(=O)/C(=C/c1ccc(Br)cc1)O[C@H]1O[C@@H](COC(C)=O)[C@@H](OC(C)=O)[C@@H](OC(C)=O)[C@@H]1C. The topological polar surface area (TPSA) is 124 Å². The molecule has 0 spiro atoms. The Morgan fingerprint density at radius 2 is 1.53 bits per heavy atom. The van der Waals surface area contributed by atoms with Gasteiger partial charge in [0.05, 0.1) is 13.0 Å². The molecule has 0 saturated carbocycles. The van der Waals surface area contributed by atoms with E-state index in [0.29, 0.717) is 5.56 Å². The van der Waals surface area contributed by atoms with Gasteiger partial charge in [-0.25, -0.2) is 4.79 Å². The molecule has 1 fully saturated rings. The van der Waals surface area contributed by atoms with Crippen LogP contribution in [0, 0.1) is 5.92 Å². The van der Waals surface area contributed by atoms with E-state index in [2.05, 4.69) is 15.9 Å². The lowest BCUT2D eigenvalue weighted by molar-refractivity contribution is -0.279. The Morgan fingerprint density at radius 3 is 2.06 bits per heavy atom. The molecule has 0 aliphatic carbocycles. The Bertz CT molecular complexity index is 926. The number of ether oxygens (including phenoxy) is 6. The smallest absolute Gasteiger partial charge is 0.373 e. The standard InChI is InChI=1S/C23H27BrO10/c1-12-20(31-14(3)26)21(32-15(4)27)19(11-30-13(2)25)34-23(12)33-18(22(28)29-5)10-16-6-8-17(24)9-7-16/h6-10,12,19-21,23H,11H2,1-5H3/b18-10-/t12-,19-,20-,21+,23-/m0/s1. The Labute approximate surface area is 205 Å². The molecule has 1 aromatic rings. The van der Waals surface area contributed by atoms with E-state index < -0.39 is 54.4 Å². The number of esters is 4. The summed E-state index contributed by atoms with van der Waals surface area (Å²) in [4.78, 5) is 47.3. The van der Waals surface area contributed by atoms with Crippen molar-refractivity contribution in [1.82, 2.24) is 0 Å². The summed E-state index contributed by atoms with van der Waals surface area (Å²) in [7, 11) is 1.20. The van der Waals surface area contributed by atoms with Gasteiger partial charge in [-0.1, -0.05) is 35.0 Å². The van der Waals surface area contributed by atoms with Crippen molar-refractivity contribution in [2.24, 2.45) is 5.92 Å². The van der Waals surface area contributed by atoms with Crippen molar-refractivity contribution in [2.75, 3.05) is 13.7 Å². The maximum Gasteiger partial charge on any atom is 0.373 e. The van der Waals surface area contributed by atoms with Crippen LogP contribution in [0.2, 0.25) is 0 Å². The average Bonchev–Trinajstić information content (AvgIpc) is 2.76. The van der Waals surface area contributed by atoms with Crippen LogP contribution in [0.5, 0.6) is 0 Å². The maximum absolute atomic E-state index is 12.4. The molecule has 0 amide bonds. The first-order chi connectivity index (χ1) is 16.0. The predicted octanol–water partition coefficient (Wildman–Crippen LogP) is 2.77. The molecule has 1 aliphatic heterocycles. The van der Waals surface area contributed by atoms with Gasteiger partial charge in [0.1, 0.15) is 18.8 Å². The van der Waals surface area contributed by atoms with Crippen LogP contribution < -0.4 is 0 Å². The molecule has 0 radical (unpaired) electrons. The first kappa shape index (κ1) is 27.3. The number of carbonyl (C=O) groups excluding carboxylic acids is 4. The molecule has 1 saturated heterocycles. The minimum absolute atomic E-state index is 0.166. The van der Waals surface area contributed by atoms with Crippen LogP contribution in [0.25, 0.3) is 6.08 Å². The first-order valence-corrected chi connectivity index (χ1v) is 11.2. The zero-order chi connectivity index (χ0) is 25.4. The lowest BCUT2D eigenvalue weighted by atomic mass is 9.91. The zero-order valence-corrected chi connectivity index (χ0v) is 21.0. The normalized spacial score (nSPS) is 24.5. The van der Waals surface area contributed by atoms with Crippen molar-refractivity contribution < 1.29 is 47.6 Å². The van der Waals surface area contributed by atoms with Gasteiger partial charge in [0.15, 0.2) is 6.10 Å². The van der Waals surface area contributed by atoms with Crippen LogP contribution in [0.15, 0.2) is 34.5 Å². The molecule has 34 heavy (non-hydrogen) atoms.